The molecular weight excluding hydrogens is 334 g/mol. The molecule has 0 aromatic heterocycles. The van der Waals surface area contributed by atoms with Crippen molar-refractivity contribution in [1.29, 1.82) is 0 Å². The van der Waals surface area contributed by atoms with Crippen LogP contribution in [-0.4, -0.2) is 62.7 Å². The van der Waals surface area contributed by atoms with Crippen molar-refractivity contribution in [2.24, 2.45) is 0 Å². The molecule has 2 N–H and O–H groups in total. The van der Waals surface area contributed by atoms with Gasteiger partial charge in [-0.2, -0.15) is 0 Å². The summed E-state index contributed by atoms with van der Waals surface area (Å²) in [6.45, 7) is 4.22. The number of anilines is 1. The fourth-order valence-corrected chi connectivity index (χ4v) is 2.93. The van der Waals surface area contributed by atoms with Crippen molar-refractivity contribution < 1.29 is 19.1 Å². The maximum Gasteiger partial charge on any atom is 0.244 e. The molecule has 1 heterocycles. The van der Waals surface area contributed by atoms with Crippen molar-refractivity contribution in [2.45, 2.75) is 32.3 Å². The topological polar surface area (TPSA) is 79.9 Å². The summed E-state index contributed by atoms with van der Waals surface area (Å²) < 4.78 is 10.8. The van der Waals surface area contributed by atoms with Crippen LogP contribution in [0.25, 0.3) is 0 Å². The molecule has 0 bridgehead atoms. The number of carbonyl (C=O) groups is 2. The first-order valence-corrected chi connectivity index (χ1v) is 9.17. The molecule has 7 heteroatoms. The van der Waals surface area contributed by atoms with Crippen molar-refractivity contribution in [3.8, 4) is 5.75 Å². The van der Waals surface area contributed by atoms with E-state index in [-0.39, 0.29) is 31.0 Å². The van der Waals surface area contributed by atoms with Gasteiger partial charge in [-0.05, 0) is 31.4 Å². The third-order valence-electron chi connectivity index (χ3n) is 4.23. The maximum atomic E-state index is 12.4. The molecule has 7 nitrogen and oxygen atoms in total. The predicted octanol–water partition coefficient (Wildman–Crippen LogP) is 1.64. The second-order valence-corrected chi connectivity index (χ2v) is 6.33. The molecule has 26 heavy (non-hydrogen) atoms. The highest BCUT2D eigenvalue weighted by Crippen LogP contribution is 2.22. The Labute approximate surface area is 155 Å². The van der Waals surface area contributed by atoms with Gasteiger partial charge in [0.1, 0.15) is 5.75 Å². The minimum atomic E-state index is -0.240. The van der Waals surface area contributed by atoms with Gasteiger partial charge >= 0.3 is 0 Å². The van der Waals surface area contributed by atoms with Gasteiger partial charge in [-0.3, -0.25) is 9.59 Å². The van der Waals surface area contributed by atoms with Gasteiger partial charge in [-0.1, -0.05) is 19.1 Å². The molecule has 1 unspecified atom stereocenters. The first kappa shape index (κ1) is 20.2. The minimum absolute atomic E-state index is 0.0202. The third-order valence-corrected chi connectivity index (χ3v) is 4.23. The monoisotopic (exact) mass is 363 g/mol. The molecule has 1 aliphatic heterocycles. The van der Waals surface area contributed by atoms with E-state index in [2.05, 4.69) is 10.6 Å². The lowest BCUT2D eigenvalue weighted by atomic mass is 10.2. The maximum absolute atomic E-state index is 12.4. The van der Waals surface area contributed by atoms with Crippen molar-refractivity contribution in [1.82, 2.24) is 10.2 Å². The van der Waals surface area contributed by atoms with Crippen LogP contribution in [0.1, 0.15) is 26.2 Å². The summed E-state index contributed by atoms with van der Waals surface area (Å²) in [5.41, 5.74) is 0.598. The van der Waals surface area contributed by atoms with Crippen molar-refractivity contribution in [3.63, 3.8) is 0 Å². The van der Waals surface area contributed by atoms with E-state index in [1.807, 2.05) is 19.1 Å². The lowest BCUT2D eigenvalue weighted by molar-refractivity contribution is -0.134. The van der Waals surface area contributed by atoms with E-state index in [0.29, 0.717) is 24.5 Å². The molecular formula is C19H29N3O4. The zero-order valence-corrected chi connectivity index (χ0v) is 15.6. The van der Waals surface area contributed by atoms with Crippen LogP contribution < -0.4 is 15.4 Å². The van der Waals surface area contributed by atoms with Crippen molar-refractivity contribution in [3.05, 3.63) is 24.3 Å². The molecule has 2 amide bonds. The molecule has 1 saturated heterocycles. The van der Waals surface area contributed by atoms with Crippen LogP contribution in [0.3, 0.4) is 0 Å². The molecule has 1 aromatic rings. The predicted molar refractivity (Wildman–Crippen MR) is 100 cm³/mol. The van der Waals surface area contributed by atoms with Crippen molar-refractivity contribution in [2.75, 3.05) is 45.2 Å². The molecule has 2 rings (SSSR count). The zero-order valence-electron chi connectivity index (χ0n) is 15.6. The normalized spacial score (nSPS) is 16.3. The number of para-hydroxylation sites is 2. The van der Waals surface area contributed by atoms with Gasteiger partial charge < -0.3 is 25.0 Å². The quantitative estimate of drug-likeness (QED) is 0.661. The van der Waals surface area contributed by atoms with E-state index in [9.17, 15) is 9.59 Å². The molecule has 0 spiro atoms. The lowest BCUT2D eigenvalue weighted by Gasteiger charge is -2.22. The highest BCUT2D eigenvalue weighted by atomic mass is 16.5. The van der Waals surface area contributed by atoms with Crippen LogP contribution in [0.5, 0.6) is 5.75 Å². The summed E-state index contributed by atoms with van der Waals surface area (Å²) in [7, 11) is 1.55. The van der Waals surface area contributed by atoms with Gasteiger partial charge in [0.05, 0.1) is 32.0 Å². The number of methoxy groups -OCH3 is 1. The Morgan fingerprint density at radius 1 is 1.35 bits per heavy atom. The number of ether oxygens (including phenoxy) is 2. The first-order chi connectivity index (χ1) is 12.6. The molecule has 0 saturated carbocycles. The largest absolute Gasteiger partial charge is 0.495 e. The Balaban J connectivity index is 1.83. The highest BCUT2D eigenvalue weighted by molar-refractivity contribution is 5.95. The number of nitrogens with zero attached hydrogens (tertiary/aromatic N) is 1. The zero-order chi connectivity index (χ0) is 18.8. The summed E-state index contributed by atoms with van der Waals surface area (Å²) >= 11 is 0. The lowest BCUT2D eigenvalue weighted by Crippen LogP contribution is -2.44. The fraction of sp³-hybridized carbons (Fsp3) is 0.579. The van der Waals surface area contributed by atoms with Gasteiger partial charge in [0.25, 0.3) is 0 Å². The van der Waals surface area contributed by atoms with Crippen LogP contribution in [0, 0.1) is 0 Å². The summed E-state index contributed by atoms with van der Waals surface area (Å²) in [6, 6.07) is 7.20. The van der Waals surface area contributed by atoms with E-state index in [1.54, 1.807) is 24.1 Å². The van der Waals surface area contributed by atoms with E-state index >= 15 is 0 Å². The Kier molecular flexibility index (Phi) is 8.37. The average molecular weight is 363 g/mol. The molecule has 1 aromatic carbocycles. The van der Waals surface area contributed by atoms with E-state index in [4.69, 9.17) is 9.47 Å². The molecule has 1 atom stereocenters. The van der Waals surface area contributed by atoms with Crippen LogP contribution in [0.15, 0.2) is 24.3 Å². The van der Waals surface area contributed by atoms with E-state index in [0.717, 1.165) is 25.9 Å². The SMILES string of the molecule is CCCN(CC(=O)Nc1ccccc1OC)C(=O)CNCC1CCCO1. The average Bonchev–Trinajstić information content (AvgIpc) is 3.15. The Morgan fingerprint density at radius 2 is 2.15 bits per heavy atom. The standard InChI is InChI=1S/C19H29N3O4/c1-3-10-22(19(24)13-20-12-15-7-6-11-26-15)14-18(23)21-16-8-4-5-9-17(16)25-2/h4-5,8-9,15,20H,3,6-7,10-14H2,1-2H3,(H,21,23). The number of hydrogen-bond donors (Lipinski definition) is 2. The summed E-state index contributed by atoms with van der Waals surface area (Å²) in [5.74, 6) is 0.267. The van der Waals surface area contributed by atoms with E-state index in [1.165, 1.54) is 0 Å². The number of hydrogen-bond acceptors (Lipinski definition) is 5. The number of amides is 2. The van der Waals surface area contributed by atoms with Crippen molar-refractivity contribution >= 4 is 17.5 Å². The summed E-state index contributed by atoms with van der Waals surface area (Å²) in [4.78, 5) is 26.4. The second-order valence-electron chi connectivity index (χ2n) is 6.33. The third kappa shape index (κ3) is 6.31. The number of benzene rings is 1. The van der Waals surface area contributed by atoms with Gasteiger partial charge in [-0.25, -0.2) is 0 Å². The van der Waals surface area contributed by atoms with E-state index < -0.39 is 0 Å². The van der Waals surface area contributed by atoms with Gasteiger partial charge in [0.15, 0.2) is 0 Å². The van der Waals surface area contributed by atoms with Gasteiger partial charge in [-0.15, -0.1) is 0 Å². The fourth-order valence-electron chi connectivity index (χ4n) is 2.93. The minimum Gasteiger partial charge on any atom is -0.495 e. The van der Waals surface area contributed by atoms with Crippen LogP contribution in [0.2, 0.25) is 0 Å². The van der Waals surface area contributed by atoms with Crippen LogP contribution in [-0.2, 0) is 14.3 Å². The Morgan fingerprint density at radius 3 is 2.85 bits per heavy atom. The smallest absolute Gasteiger partial charge is 0.244 e. The number of rotatable bonds is 10. The highest BCUT2D eigenvalue weighted by Gasteiger charge is 2.19. The molecule has 144 valence electrons. The molecule has 0 radical (unpaired) electrons. The second kappa shape index (κ2) is 10.8. The molecule has 0 aliphatic carbocycles. The van der Waals surface area contributed by atoms with Gasteiger partial charge in [0, 0.05) is 19.7 Å². The summed E-state index contributed by atoms with van der Waals surface area (Å²) in [5, 5.41) is 5.95. The molecule has 1 fully saturated rings. The first-order valence-electron chi connectivity index (χ1n) is 9.17. The van der Waals surface area contributed by atoms with Gasteiger partial charge in [0.2, 0.25) is 11.8 Å². The Bertz CT molecular complexity index is 588. The number of carbonyl (C=O) groups excluding carboxylic acids is 2. The molecule has 1 aliphatic rings. The van der Waals surface area contributed by atoms with Crippen LogP contribution >= 0.6 is 0 Å². The summed E-state index contributed by atoms with van der Waals surface area (Å²) in [6.07, 6.45) is 3.09. The Hall–Kier alpha value is -2.12. The number of nitrogens with one attached hydrogen (secondary N) is 2. The van der Waals surface area contributed by atoms with Crippen LogP contribution in [0.4, 0.5) is 5.69 Å².